The van der Waals surface area contributed by atoms with Crippen molar-refractivity contribution < 1.29 is 8.78 Å². The summed E-state index contributed by atoms with van der Waals surface area (Å²) in [5.41, 5.74) is 2.81. The molecule has 0 spiro atoms. The van der Waals surface area contributed by atoms with E-state index >= 15 is 0 Å². The third-order valence-electron chi connectivity index (χ3n) is 8.34. The van der Waals surface area contributed by atoms with Crippen LogP contribution in [0.5, 0.6) is 0 Å². The summed E-state index contributed by atoms with van der Waals surface area (Å²) in [4.78, 5) is 17.3. The summed E-state index contributed by atoms with van der Waals surface area (Å²) < 4.78 is 27.4. The summed E-state index contributed by atoms with van der Waals surface area (Å²) in [6.07, 6.45) is 5.69. The molecule has 2 aliphatic rings. The highest BCUT2D eigenvalue weighted by Gasteiger charge is 2.31. The van der Waals surface area contributed by atoms with E-state index in [0.29, 0.717) is 22.5 Å². The minimum Gasteiger partial charge on any atom is -0.339 e. The Hall–Kier alpha value is -2.55. The van der Waals surface area contributed by atoms with Gasteiger partial charge in [0.25, 0.3) is 0 Å². The molecule has 8 heteroatoms. The van der Waals surface area contributed by atoms with Crippen molar-refractivity contribution in [2.45, 2.75) is 58.5 Å². The smallest absolute Gasteiger partial charge is 0.204 e. The quantitative estimate of drug-likeness (QED) is 0.370. The fraction of sp³-hybridized carbons (Fsp3) is 0.594. The molecule has 2 heterocycles. The maximum atomic E-state index is 13.7. The van der Waals surface area contributed by atoms with Gasteiger partial charge in [-0.15, -0.1) is 0 Å². The normalized spacial score (nSPS) is 18.6. The zero-order valence-electron chi connectivity index (χ0n) is 25.1. The molecular formula is C32H48F2N6. The van der Waals surface area contributed by atoms with Gasteiger partial charge in [-0.2, -0.15) is 0 Å². The largest absolute Gasteiger partial charge is 0.339 e. The number of piperazine rings is 1. The number of H-pyrrole nitrogens is 1. The summed E-state index contributed by atoms with van der Waals surface area (Å²) in [6.45, 7) is 12.2. The fourth-order valence-corrected chi connectivity index (χ4v) is 5.77. The number of anilines is 1. The first-order chi connectivity index (χ1) is 19.1. The van der Waals surface area contributed by atoms with E-state index in [-0.39, 0.29) is 0 Å². The fourth-order valence-electron chi connectivity index (χ4n) is 5.77. The van der Waals surface area contributed by atoms with E-state index in [0.717, 1.165) is 71.0 Å². The van der Waals surface area contributed by atoms with Crippen LogP contribution in [0.3, 0.4) is 0 Å². The minimum absolute atomic E-state index is 0.391. The second kappa shape index (κ2) is 13.9. The molecule has 220 valence electrons. The van der Waals surface area contributed by atoms with Gasteiger partial charge in [0.05, 0.1) is 11.0 Å². The lowest BCUT2D eigenvalue weighted by molar-refractivity contribution is 0.152. The molecule has 1 saturated heterocycles. The van der Waals surface area contributed by atoms with Crippen LogP contribution < -0.4 is 4.90 Å². The number of imidazole rings is 1. The van der Waals surface area contributed by atoms with Gasteiger partial charge in [-0.05, 0) is 70.8 Å². The Bertz CT molecular complexity index is 1140. The number of aromatic nitrogens is 2. The van der Waals surface area contributed by atoms with Crippen molar-refractivity contribution in [3.63, 3.8) is 0 Å². The van der Waals surface area contributed by atoms with Crippen LogP contribution in [-0.4, -0.2) is 91.1 Å². The van der Waals surface area contributed by atoms with E-state index in [1.807, 2.05) is 6.07 Å². The number of rotatable bonds is 8. The topological polar surface area (TPSA) is 41.6 Å². The average Bonchev–Trinajstić information content (AvgIpc) is 3.31. The first kappa shape index (κ1) is 30.4. The van der Waals surface area contributed by atoms with Crippen LogP contribution in [0.1, 0.15) is 51.5 Å². The molecular weight excluding hydrogens is 506 g/mol. The summed E-state index contributed by atoms with van der Waals surface area (Å²) in [5, 5.41) is 0. The van der Waals surface area contributed by atoms with Gasteiger partial charge in [0, 0.05) is 57.4 Å². The van der Waals surface area contributed by atoms with Crippen molar-refractivity contribution in [2.24, 2.45) is 5.41 Å². The summed E-state index contributed by atoms with van der Waals surface area (Å²) in [7, 11) is 6.33. The van der Waals surface area contributed by atoms with Crippen LogP contribution >= 0.6 is 0 Å². The third kappa shape index (κ3) is 8.72. The van der Waals surface area contributed by atoms with Crippen molar-refractivity contribution >= 4 is 17.0 Å². The van der Waals surface area contributed by atoms with Crippen molar-refractivity contribution in [3.05, 3.63) is 59.7 Å². The molecule has 0 radical (unpaired) electrons. The van der Waals surface area contributed by atoms with Crippen LogP contribution in [0.25, 0.3) is 11.0 Å². The van der Waals surface area contributed by atoms with E-state index in [1.54, 1.807) is 0 Å². The zero-order chi connectivity index (χ0) is 28.7. The molecule has 3 aromatic rings. The molecule has 2 aromatic carbocycles. The average molecular weight is 555 g/mol. The molecule has 40 heavy (non-hydrogen) atoms. The van der Waals surface area contributed by atoms with Gasteiger partial charge >= 0.3 is 0 Å². The Morgan fingerprint density at radius 2 is 1.62 bits per heavy atom. The van der Waals surface area contributed by atoms with Crippen LogP contribution in [-0.2, 0) is 6.54 Å². The first-order valence-corrected chi connectivity index (χ1v) is 14.8. The number of hydrogen-bond donors (Lipinski definition) is 1. The van der Waals surface area contributed by atoms with Gasteiger partial charge < -0.3 is 24.6 Å². The molecule has 5 rings (SSSR count). The van der Waals surface area contributed by atoms with E-state index < -0.39 is 11.6 Å². The standard InChI is InChI=1S/C23H35F2N5.C9H13N/c1-23(2)7-5-17(6-8-23)30(10-4-9-29-13-11-28(3)12-14-29)22-26-20-15-18(24)19(25)16-21(20)27-22;1-10(2)8-9-6-4-3-5-7-9/h15-17H,4-14H2,1-3H3,(H,26,27);3-7H,8H2,1-2H3. The second-order valence-corrected chi connectivity index (χ2v) is 12.7. The van der Waals surface area contributed by atoms with E-state index in [1.165, 1.54) is 30.5 Å². The van der Waals surface area contributed by atoms with Crippen molar-refractivity contribution in [1.82, 2.24) is 24.7 Å². The van der Waals surface area contributed by atoms with Crippen molar-refractivity contribution in [3.8, 4) is 0 Å². The Balaban J connectivity index is 0.000000312. The molecule has 0 unspecified atom stereocenters. The number of nitrogens with one attached hydrogen (secondary N) is 1. The van der Waals surface area contributed by atoms with E-state index in [9.17, 15) is 8.78 Å². The summed E-state index contributed by atoms with van der Waals surface area (Å²) in [6, 6.07) is 13.3. The van der Waals surface area contributed by atoms with Gasteiger partial charge in [0.2, 0.25) is 5.95 Å². The Morgan fingerprint density at radius 1 is 0.975 bits per heavy atom. The van der Waals surface area contributed by atoms with Gasteiger partial charge in [0.1, 0.15) is 0 Å². The van der Waals surface area contributed by atoms with Crippen LogP contribution in [0, 0.1) is 17.0 Å². The number of benzene rings is 2. The monoisotopic (exact) mass is 554 g/mol. The van der Waals surface area contributed by atoms with Gasteiger partial charge in [-0.3, -0.25) is 0 Å². The number of aromatic amines is 1. The molecule has 1 aliphatic heterocycles. The lowest BCUT2D eigenvalue weighted by atomic mass is 9.75. The zero-order valence-corrected chi connectivity index (χ0v) is 25.1. The molecule has 0 amide bonds. The first-order valence-electron chi connectivity index (χ1n) is 14.8. The Morgan fingerprint density at radius 3 is 2.27 bits per heavy atom. The third-order valence-corrected chi connectivity index (χ3v) is 8.34. The number of likely N-dealkylation sites (N-methyl/N-ethyl adjacent to an activating group) is 1. The van der Waals surface area contributed by atoms with Crippen molar-refractivity contribution in [1.29, 1.82) is 0 Å². The molecule has 1 aliphatic carbocycles. The van der Waals surface area contributed by atoms with Gasteiger partial charge in [-0.25, -0.2) is 13.8 Å². The number of hydrogen-bond acceptors (Lipinski definition) is 5. The molecule has 1 aromatic heterocycles. The Labute approximate surface area is 239 Å². The van der Waals surface area contributed by atoms with Gasteiger partial charge in [0.15, 0.2) is 11.6 Å². The maximum absolute atomic E-state index is 13.7. The number of fused-ring (bicyclic) bond motifs is 1. The van der Waals surface area contributed by atoms with Crippen LogP contribution in [0.2, 0.25) is 0 Å². The van der Waals surface area contributed by atoms with E-state index in [4.69, 9.17) is 0 Å². The highest BCUT2D eigenvalue weighted by atomic mass is 19.2. The predicted octanol–water partition coefficient (Wildman–Crippen LogP) is 6.00. The second-order valence-electron chi connectivity index (χ2n) is 12.7. The molecule has 1 saturated carbocycles. The lowest BCUT2D eigenvalue weighted by Gasteiger charge is -2.40. The molecule has 6 nitrogen and oxygen atoms in total. The van der Waals surface area contributed by atoms with Crippen molar-refractivity contribution in [2.75, 3.05) is 65.3 Å². The highest BCUT2D eigenvalue weighted by Crippen LogP contribution is 2.38. The van der Waals surface area contributed by atoms with Crippen LogP contribution in [0.15, 0.2) is 42.5 Å². The highest BCUT2D eigenvalue weighted by molar-refractivity contribution is 5.77. The van der Waals surface area contributed by atoms with Gasteiger partial charge in [-0.1, -0.05) is 44.2 Å². The lowest BCUT2D eigenvalue weighted by Crippen LogP contribution is -2.46. The molecule has 1 N–H and O–H groups in total. The molecule has 0 bridgehead atoms. The number of nitrogens with zero attached hydrogens (tertiary/aromatic N) is 5. The van der Waals surface area contributed by atoms with E-state index in [2.05, 4.69) is 88.8 Å². The molecule has 0 atom stereocenters. The van der Waals surface area contributed by atoms with Crippen LogP contribution in [0.4, 0.5) is 14.7 Å². The summed E-state index contributed by atoms with van der Waals surface area (Å²) in [5.74, 6) is -0.932. The summed E-state index contributed by atoms with van der Waals surface area (Å²) >= 11 is 0. The maximum Gasteiger partial charge on any atom is 0.204 e. The number of halogens is 2. The SMILES string of the molecule is CN(C)Cc1ccccc1.CN1CCN(CCCN(c2nc3cc(F)c(F)cc3[nH]2)C2CCC(C)(C)CC2)CC1. The molecule has 2 fully saturated rings. The predicted molar refractivity (Wildman–Crippen MR) is 162 cm³/mol. The Kier molecular flexibility index (Phi) is 10.6. The minimum atomic E-state index is -0.846.